The summed E-state index contributed by atoms with van der Waals surface area (Å²) in [6.07, 6.45) is 10.5. The fraction of sp³-hybridized carbons (Fsp3) is 0.760. The van der Waals surface area contributed by atoms with Gasteiger partial charge in [0.15, 0.2) is 11.6 Å². The maximum absolute atomic E-state index is 14.8. The number of rotatable bonds is 15. The number of halogens is 2. The Labute approximate surface area is 192 Å². The summed E-state index contributed by atoms with van der Waals surface area (Å²) in [6.45, 7) is 6.63. The maximum atomic E-state index is 14.8. The summed E-state index contributed by atoms with van der Waals surface area (Å²) in [5.41, 5.74) is 0.483. The zero-order chi connectivity index (χ0) is 23.4. The molecule has 0 saturated heterocycles. The molecule has 2 rings (SSSR count). The topological polar surface area (TPSA) is 44.8 Å². The summed E-state index contributed by atoms with van der Waals surface area (Å²) in [5, 5.41) is 0. The lowest BCUT2D eigenvalue weighted by Gasteiger charge is -2.29. The molecule has 1 fully saturated rings. The van der Waals surface area contributed by atoms with Gasteiger partial charge in [-0.15, -0.1) is 0 Å². The average Bonchev–Trinajstić information content (AvgIpc) is 2.77. The van der Waals surface area contributed by atoms with Crippen LogP contribution in [0, 0.1) is 17.6 Å². The van der Waals surface area contributed by atoms with E-state index in [0.717, 1.165) is 31.6 Å². The molecule has 1 aromatic carbocycles. The first kappa shape index (κ1) is 27.3. The molecule has 7 heteroatoms. The van der Waals surface area contributed by atoms with E-state index in [-0.39, 0.29) is 24.4 Å². The van der Waals surface area contributed by atoms with Gasteiger partial charge < -0.3 is 13.8 Å². The zero-order valence-corrected chi connectivity index (χ0v) is 20.9. The molecule has 0 bridgehead atoms. The van der Waals surface area contributed by atoms with Crippen molar-refractivity contribution in [3.05, 3.63) is 29.3 Å². The van der Waals surface area contributed by atoms with Gasteiger partial charge in [-0.3, -0.25) is 4.57 Å². The molecule has 0 aliphatic heterocycles. The van der Waals surface area contributed by atoms with E-state index < -0.39 is 19.2 Å². The Morgan fingerprint density at radius 1 is 0.906 bits per heavy atom. The van der Waals surface area contributed by atoms with Crippen molar-refractivity contribution in [1.29, 1.82) is 0 Å². The number of unbranched alkanes of at least 4 members (excludes halogenated alkanes) is 3. The van der Waals surface area contributed by atoms with Gasteiger partial charge in [0.1, 0.15) is 0 Å². The highest BCUT2D eigenvalue weighted by atomic mass is 31.2. The van der Waals surface area contributed by atoms with Gasteiger partial charge in [0, 0.05) is 0 Å². The van der Waals surface area contributed by atoms with Crippen LogP contribution in [0.5, 0.6) is 5.75 Å². The van der Waals surface area contributed by atoms with Crippen LogP contribution < -0.4 is 4.74 Å². The highest BCUT2D eigenvalue weighted by Gasteiger charge is 2.27. The molecule has 0 aromatic heterocycles. The molecule has 0 heterocycles. The maximum Gasteiger partial charge on any atom is 0.330 e. The number of benzene rings is 1. The highest BCUT2D eigenvalue weighted by molar-refractivity contribution is 7.53. The SMILES string of the molecule is CCCCCC1CCC(c2ccc(OCCCCP(=O)(OCC)OCC)c(F)c2F)CC1. The van der Waals surface area contributed by atoms with Crippen LogP contribution >= 0.6 is 7.60 Å². The summed E-state index contributed by atoms with van der Waals surface area (Å²) in [6, 6.07) is 3.24. The van der Waals surface area contributed by atoms with Crippen molar-refractivity contribution in [3.8, 4) is 5.75 Å². The van der Waals surface area contributed by atoms with Crippen molar-refractivity contribution in [1.82, 2.24) is 0 Å². The second-order valence-electron chi connectivity index (χ2n) is 8.72. The lowest BCUT2D eigenvalue weighted by Crippen LogP contribution is -2.15. The largest absolute Gasteiger partial charge is 0.490 e. The molecule has 184 valence electrons. The minimum Gasteiger partial charge on any atom is -0.490 e. The molecular weight excluding hydrogens is 433 g/mol. The predicted octanol–water partition coefficient (Wildman–Crippen LogP) is 8.24. The van der Waals surface area contributed by atoms with Crippen LogP contribution in [0.25, 0.3) is 0 Å². The lowest BCUT2D eigenvalue weighted by atomic mass is 9.77. The predicted molar refractivity (Wildman–Crippen MR) is 126 cm³/mol. The molecule has 1 aliphatic rings. The third-order valence-electron chi connectivity index (χ3n) is 6.31. The number of hydrogen-bond donors (Lipinski definition) is 0. The molecule has 1 saturated carbocycles. The van der Waals surface area contributed by atoms with E-state index in [4.69, 9.17) is 13.8 Å². The number of ether oxygens (including phenoxy) is 1. The summed E-state index contributed by atoms with van der Waals surface area (Å²) in [4.78, 5) is 0. The smallest absolute Gasteiger partial charge is 0.330 e. The minimum absolute atomic E-state index is 0.0581. The van der Waals surface area contributed by atoms with E-state index in [9.17, 15) is 13.3 Å². The Morgan fingerprint density at radius 2 is 1.59 bits per heavy atom. The molecule has 32 heavy (non-hydrogen) atoms. The monoisotopic (exact) mass is 474 g/mol. The van der Waals surface area contributed by atoms with Crippen molar-refractivity contribution < 1.29 is 27.1 Å². The van der Waals surface area contributed by atoms with Gasteiger partial charge in [0.05, 0.1) is 26.0 Å². The average molecular weight is 475 g/mol. The molecule has 1 aromatic rings. The van der Waals surface area contributed by atoms with E-state index in [1.807, 2.05) is 0 Å². The van der Waals surface area contributed by atoms with Gasteiger partial charge in [-0.2, -0.15) is 4.39 Å². The Bertz CT molecular complexity index is 710. The van der Waals surface area contributed by atoms with E-state index in [0.29, 0.717) is 31.6 Å². The van der Waals surface area contributed by atoms with Crippen LogP contribution in [0.2, 0.25) is 0 Å². The van der Waals surface area contributed by atoms with Gasteiger partial charge in [-0.1, -0.05) is 38.7 Å². The Hall–Kier alpha value is -0.970. The standard InChI is InChI=1S/C25H41F2O4P/c1-4-7-8-11-20-12-14-21(15-13-20)22-16-17-23(25(27)24(22)26)29-18-9-10-19-32(28,30-5-2)31-6-3/h16-17,20-21H,4-15,18-19H2,1-3H3. The Morgan fingerprint density at radius 3 is 2.22 bits per heavy atom. The second kappa shape index (κ2) is 14.3. The fourth-order valence-electron chi connectivity index (χ4n) is 4.57. The first-order valence-corrected chi connectivity index (χ1v) is 14.2. The molecule has 1 aliphatic carbocycles. The summed E-state index contributed by atoms with van der Waals surface area (Å²) in [5.74, 6) is -0.908. The molecule has 0 unspecified atom stereocenters. The van der Waals surface area contributed by atoms with Crippen LogP contribution in [0.4, 0.5) is 8.78 Å². The zero-order valence-electron chi connectivity index (χ0n) is 20.0. The van der Waals surface area contributed by atoms with E-state index in [1.165, 1.54) is 25.7 Å². The molecule has 0 radical (unpaired) electrons. The highest BCUT2D eigenvalue weighted by Crippen LogP contribution is 2.48. The summed E-state index contributed by atoms with van der Waals surface area (Å²) < 4.78 is 57.8. The van der Waals surface area contributed by atoms with Gasteiger partial charge >= 0.3 is 7.60 Å². The van der Waals surface area contributed by atoms with Crippen molar-refractivity contribution in [3.63, 3.8) is 0 Å². The Balaban J connectivity index is 1.81. The van der Waals surface area contributed by atoms with Gasteiger partial charge in [-0.25, -0.2) is 4.39 Å². The van der Waals surface area contributed by atoms with Crippen LogP contribution in [-0.2, 0) is 13.6 Å². The normalized spacial score (nSPS) is 19.3. The van der Waals surface area contributed by atoms with Gasteiger partial charge in [0.2, 0.25) is 5.82 Å². The summed E-state index contributed by atoms with van der Waals surface area (Å²) in [7, 11) is -3.07. The van der Waals surface area contributed by atoms with Crippen molar-refractivity contribution in [2.45, 2.75) is 90.9 Å². The number of hydrogen-bond acceptors (Lipinski definition) is 4. The third kappa shape index (κ3) is 8.43. The van der Waals surface area contributed by atoms with E-state index in [2.05, 4.69) is 6.92 Å². The van der Waals surface area contributed by atoms with Gasteiger partial charge in [0.25, 0.3) is 0 Å². The first-order chi connectivity index (χ1) is 15.4. The van der Waals surface area contributed by atoms with Crippen molar-refractivity contribution >= 4 is 7.60 Å². The summed E-state index contributed by atoms with van der Waals surface area (Å²) >= 11 is 0. The van der Waals surface area contributed by atoms with Crippen LogP contribution in [0.1, 0.15) is 96.5 Å². The molecule has 0 amide bonds. The second-order valence-corrected chi connectivity index (χ2v) is 10.9. The fourth-order valence-corrected chi connectivity index (χ4v) is 6.30. The van der Waals surface area contributed by atoms with Crippen molar-refractivity contribution in [2.24, 2.45) is 5.92 Å². The molecule has 0 spiro atoms. The minimum atomic E-state index is -3.07. The van der Waals surface area contributed by atoms with Gasteiger partial charge in [-0.05, 0) is 75.8 Å². The molecule has 0 atom stereocenters. The Kier molecular flexibility index (Phi) is 12.2. The van der Waals surface area contributed by atoms with E-state index >= 15 is 0 Å². The van der Waals surface area contributed by atoms with Crippen molar-refractivity contribution in [2.75, 3.05) is 26.0 Å². The lowest BCUT2D eigenvalue weighted by molar-refractivity contribution is 0.218. The van der Waals surface area contributed by atoms with E-state index in [1.54, 1.807) is 26.0 Å². The third-order valence-corrected chi connectivity index (χ3v) is 8.48. The molecule has 4 nitrogen and oxygen atoms in total. The van der Waals surface area contributed by atoms with Crippen LogP contribution in [-0.4, -0.2) is 26.0 Å². The molecular formula is C25H41F2O4P. The first-order valence-electron chi connectivity index (χ1n) is 12.4. The molecule has 0 N–H and O–H groups in total. The van der Waals surface area contributed by atoms with Crippen LogP contribution in [0.15, 0.2) is 12.1 Å². The van der Waals surface area contributed by atoms with Crippen LogP contribution in [0.3, 0.4) is 0 Å². The quantitative estimate of drug-likeness (QED) is 0.190.